The second kappa shape index (κ2) is 12.8. The van der Waals surface area contributed by atoms with Crippen molar-refractivity contribution in [3.63, 3.8) is 0 Å². The van der Waals surface area contributed by atoms with Crippen LogP contribution in [0.5, 0.6) is 5.75 Å². The number of benzene rings is 1. The molecule has 0 radical (unpaired) electrons. The van der Waals surface area contributed by atoms with E-state index >= 15 is 0 Å². The topological polar surface area (TPSA) is 61.4 Å². The Morgan fingerprint density at radius 3 is 2.32 bits per heavy atom. The number of hydrogen-bond acceptors (Lipinski definition) is 5. The number of methoxy groups -OCH3 is 1. The van der Waals surface area contributed by atoms with Gasteiger partial charge in [0.15, 0.2) is 5.96 Å². The SMILES string of the molecule is CN=C(NCC(c1ccc(OC)cc1)N1CCCC1)NCC(C)(C)N1CCOCC1.I. The van der Waals surface area contributed by atoms with Gasteiger partial charge in [0, 0.05) is 38.8 Å². The zero-order chi connectivity index (χ0) is 21.4. The lowest BCUT2D eigenvalue weighted by atomic mass is 10.0. The predicted octanol–water partition coefficient (Wildman–Crippen LogP) is 2.73. The number of hydrogen-bond donors (Lipinski definition) is 2. The van der Waals surface area contributed by atoms with Crippen LogP contribution in [0.2, 0.25) is 0 Å². The van der Waals surface area contributed by atoms with Crippen molar-refractivity contribution in [2.75, 3.05) is 66.6 Å². The number of aliphatic imine (C=N–C) groups is 1. The van der Waals surface area contributed by atoms with E-state index in [2.05, 4.69) is 63.5 Å². The Bertz CT molecular complexity index is 671. The van der Waals surface area contributed by atoms with Crippen molar-refractivity contribution in [2.24, 2.45) is 4.99 Å². The number of ether oxygens (including phenoxy) is 2. The van der Waals surface area contributed by atoms with Gasteiger partial charge in [0.25, 0.3) is 0 Å². The van der Waals surface area contributed by atoms with Crippen LogP contribution in [0.3, 0.4) is 0 Å². The van der Waals surface area contributed by atoms with Crippen LogP contribution in [0, 0.1) is 0 Å². The molecule has 0 aromatic heterocycles. The van der Waals surface area contributed by atoms with Crippen LogP contribution in [-0.2, 0) is 4.74 Å². The summed E-state index contributed by atoms with van der Waals surface area (Å²) in [6.45, 7) is 12.1. The first-order chi connectivity index (χ1) is 14.5. The van der Waals surface area contributed by atoms with Crippen molar-refractivity contribution in [3.8, 4) is 5.75 Å². The standard InChI is InChI=1S/C23H39N5O2.HI/c1-23(2,28-13-15-30-16-14-28)18-26-22(24-3)25-17-21(27-11-5-6-12-27)19-7-9-20(29-4)10-8-19;/h7-10,21H,5-6,11-18H2,1-4H3,(H2,24,25,26);1H. The summed E-state index contributed by atoms with van der Waals surface area (Å²) < 4.78 is 10.8. The van der Waals surface area contributed by atoms with E-state index in [9.17, 15) is 0 Å². The highest BCUT2D eigenvalue weighted by atomic mass is 127. The summed E-state index contributed by atoms with van der Waals surface area (Å²) in [5.74, 6) is 1.75. The molecule has 8 heteroatoms. The van der Waals surface area contributed by atoms with Gasteiger partial charge in [-0.15, -0.1) is 24.0 Å². The smallest absolute Gasteiger partial charge is 0.191 e. The van der Waals surface area contributed by atoms with Gasteiger partial charge in [-0.3, -0.25) is 14.8 Å². The molecular formula is C23H40IN5O2. The fourth-order valence-electron chi connectivity index (χ4n) is 4.33. The van der Waals surface area contributed by atoms with Crippen molar-refractivity contribution >= 4 is 29.9 Å². The van der Waals surface area contributed by atoms with Gasteiger partial charge in [0.2, 0.25) is 0 Å². The van der Waals surface area contributed by atoms with E-state index < -0.39 is 0 Å². The van der Waals surface area contributed by atoms with Crippen LogP contribution in [0.1, 0.15) is 38.3 Å². The Hall–Kier alpha value is -1.10. The maximum atomic E-state index is 5.50. The summed E-state index contributed by atoms with van der Waals surface area (Å²) in [6, 6.07) is 8.79. The van der Waals surface area contributed by atoms with E-state index in [1.54, 1.807) is 7.11 Å². The Kier molecular flexibility index (Phi) is 10.8. The molecule has 2 heterocycles. The third-order valence-corrected chi connectivity index (χ3v) is 6.32. The summed E-state index contributed by atoms with van der Waals surface area (Å²) >= 11 is 0. The number of nitrogens with zero attached hydrogens (tertiary/aromatic N) is 3. The largest absolute Gasteiger partial charge is 0.497 e. The molecule has 3 rings (SSSR count). The zero-order valence-electron chi connectivity index (χ0n) is 19.5. The van der Waals surface area contributed by atoms with Gasteiger partial charge in [-0.2, -0.15) is 0 Å². The minimum Gasteiger partial charge on any atom is -0.497 e. The average Bonchev–Trinajstić information content (AvgIpc) is 3.31. The monoisotopic (exact) mass is 545 g/mol. The maximum Gasteiger partial charge on any atom is 0.191 e. The molecule has 0 aliphatic carbocycles. The van der Waals surface area contributed by atoms with Gasteiger partial charge in [0.05, 0.1) is 26.4 Å². The molecule has 0 saturated carbocycles. The molecule has 2 N–H and O–H groups in total. The molecule has 2 saturated heterocycles. The number of halogens is 1. The first kappa shape index (κ1) is 26.2. The van der Waals surface area contributed by atoms with Gasteiger partial charge in [-0.25, -0.2) is 0 Å². The lowest BCUT2D eigenvalue weighted by Gasteiger charge is -2.41. The summed E-state index contributed by atoms with van der Waals surface area (Å²) in [5.41, 5.74) is 1.36. The summed E-state index contributed by atoms with van der Waals surface area (Å²) in [6.07, 6.45) is 2.54. The predicted molar refractivity (Wildman–Crippen MR) is 138 cm³/mol. The Labute approximate surface area is 205 Å². The van der Waals surface area contributed by atoms with Crippen LogP contribution in [-0.4, -0.2) is 87.9 Å². The summed E-state index contributed by atoms with van der Waals surface area (Å²) in [4.78, 5) is 9.53. The van der Waals surface area contributed by atoms with Crippen molar-refractivity contribution in [1.29, 1.82) is 0 Å². The summed E-state index contributed by atoms with van der Waals surface area (Å²) in [5, 5.41) is 7.11. The van der Waals surface area contributed by atoms with Crippen LogP contribution in [0.25, 0.3) is 0 Å². The molecular weight excluding hydrogens is 505 g/mol. The Balaban J connectivity index is 0.00000341. The van der Waals surface area contributed by atoms with Gasteiger partial charge >= 0.3 is 0 Å². The number of rotatable bonds is 8. The van der Waals surface area contributed by atoms with Crippen molar-refractivity contribution in [3.05, 3.63) is 29.8 Å². The third kappa shape index (κ3) is 7.47. The van der Waals surface area contributed by atoms with Crippen molar-refractivity contribution in [1.82, 2.24) is 20.4 Å². The van der Waals surface area contributed by atoms with E-state index in [-0.39, 0.29) is 29.5 Å². The summed E-state index contributed by atoms with van der Waals surface area (Å²) in [7, 11) is 3.55. The van der Waals surface area contributed by atoms with E-state index in [0.29, 0.717) is 6.04 Å². The second-order valence-electron chi connectivity index (χ2n) is 8.75. The van der Waals surface area contributed by atoms with Gasteiger partial charge in [0.1, 0.15) is 5.75 Å². The lowest BCUT2D eigenvalue weighted by Crippen LogP contribution is -2.56. The average molecular weight is 546 g/mol. The third-order valence-electron chi connectivity index (χ3n) is 6.32. The molecule has 1 aromatic rings. The molecule has 31 heavy (non-hydrogen) atoms. The van der Waals surface area contributed by atoms with Crippen molar-refractivity contribution < 1.29 is 9.47 Å². The van der Waals surface area contributed by atoms with E-state index in [4.69, 9.17) is 9.47 Å². The number of morpholine rings is 1. The molecule has 0 spiro atoms. The van der Waals surface area contributed by atoms with E-state index in [1.807, 2.05) is 7.05 Å². The highest BCUT2D eigenvalue weighted by Gasteiger charge is 2.29. The quantitative estimate of drug-likeness (QED) is 0.298. The van der Waals surface area contributed by atoms with Crippen LogP contribution < -0.4 is 15.4 Å². The van der Waals surface area contributed by atoms with Crippen LogP contribution in [0.4, 0.5) is 0 Å². The number of likely N-dealkylation sites (tertiary alicyclic amines) is 1. The molecule has 1 aromatic carbocycles. The molecule has 176 valence electrons. The van der Waals surface area contributed by atoms with Gasteiger partial charge in [-0.05, 0) is 57.5 Å². The first-order valence-corrected chi connectivity index (χ1v) is 11.2. The van der Waals surface area contributed by atoms with E-state index in [0.717, 1.165) is 64.2 Å². The minimum absolute atomic E-state index is 0. The highest BCUT2D eigenvalue weighted by molar-refractivity contribution is 14.0. The molecule has 2 aliphatic rings. The maximum absolute atomic E-state index is 5.50. The first-order valence-electron chi connectivity index (χ1n) is 11.2. The van der Waals surface area contributed by atoms with Crippen LogP contribution in [0.15, 0.2) is 29.3 Å². The van der Waals surface area contributed by atoms with Crippen molar-refractivity contribution in [2.45, 2.75) is 38.3 Å². The molecule has 1 unspecified atom stereocenters. The van der Waals surface area contributed by atoms with Gasteiger partial charge in [-0.1, -0.05) is 12.1 Å². The zero-order valence-corrected chi connectivity index (χ0v) is 21.9. The van der Waals surface area contributed by atoms with Crippen LogP contribution >= 0.6 is 24.0 Å². The Morgan fingerprint density at radius 1 is 1.10 bits per heavy atom. The number of nitrogens with one attached hydrogen (secondary N) is 2. The minimum atomic E-state index is 0. The molecule has 0 amide bonds. The molecule has 2 aliphatic heterocycles. The normalized spacial score (nSPS) is 19.5. The Morgan fingerprint density at radius 2 is 1.74 bits per heavy atom. The lowest BCUT2D eigenvalue weighted by molar-refractivity contribution is -0.00834. The van der Waals surface area contributed by atoms with E-state index in [1.165, 1.54) is 18.4 Å². The molecule has 1 atom stereocenters. The van der Waals surface area contributed by atoms with Gasteiger partial charge < -0.3 is 20.1 Å². The fraction of sp³-hybridized carbons (Fsp3) is 0.696. The highest BCUT2D eigenvalue weighted by Crippen LogP contribution is 2.26. The molecule has 0 bridgehead atoms. The molecule has 7 nitrogen and oxygen atoms in total. The second-order valence-corrected chi connectivity index (χ2v) is 8.75. The fourth-order valence-corrected chi connectivity index (χ4v) is 4.33. The number of guanidine groups is 1. The molecule has 2 fully saturated rings.